The van der Waals surface area contributed by atoms with Crippen molar-refractivity contribution < 1.29 is 4.92 Å². The molecule has 0 bridgehead atoms. The predicted molar refractivity (Wildman–Crippen MR) is 118 cm³/mol. The summed E-state index contributed by atoms with van der Waals surface area (Å²) in [6, 6.07) is 18.1. The number of nitrogens with zero attached hydrogens (tertiary/aromatic N) is 3. The number of H-pyrrole nitrogens is 1. The van der Waals surface area contributed by atoms with Crippen LogP contribution in [0.15, 0.2) is 71.7 Å². The number of nitro benzene ring substituents is 1. The van der Waals surface area contributed by atoms with Crippen molar-refractivity contribution in [3.63, 3.8) is 0 Å². The van der Waals surface area contributed by atoms with Crippen LogP contribution in [-0.2, 0) is 6.54 Å². The number of benzene rings is 2. The Labute approximate surface area is 173 Å². The molecule has 0 fully saturated rings. The van der Waals surface area contributed by atoms with Crippen molar-refractivity contribution in [2.45, 2.75) is 6.54 Å². The Morgan fingerprint density at radius 1 is 1.00 bits per heavy atom. The zero-order valence-electron chi connectivity index (χ0n) is 16.8. The molecule has 0 aliphatic carbocycles. The quantitative estimate of drug-likeness (QED) is 0.389. The van der Waals surface area contributed by atoms with E-state index in [0.29, 0.717) is 28.9 Å². The van der Waals surface area contributed by atoms with E-state index in [1.54, 1.807) is 16.7 Å². The Bertz CT molecular complexity index is 1220. The average Bonchev–Trinajstić information content (AvgIpc) is 3.08. The summed E-state index contributed by atoms with van der Waals surface area (Å²) >= 11 is 0. The largest absolute Gasteiger partial charge is 0.353 e. The summed E-state index contributed by atoms with van der Waals surface area (Å²) in [5, 5.41) is 11.3. The highest BCUT2D eigenvalue weighted by Crippen LogP contribution is 2.35. The van der Waals surface area contributed by atoms with Gasteiger partial charge in [-0.25, -0.2) is 0 Å². The molecule has 0 radical (unpaired) electrons. The minimum Gasteiger partial charge on any atom is -0.353 e. The van der Waals surface area contributed by atoms with E-state index in [-0.39, 0.29) is 11.2 Å². The van der Waals surface area contributed by atoms with Crippen LogP contribution in [0.2, 0.25) is 0 Å². The molecule has 0 amide bonds. The van der Waals surface area contributed by atoms with Crippen LogP contribution in [0.4, 0.5) is 5.69 Å². The van der Waals surface area contributed by atoms with Crippen LogP contribution in [0.25, 0.3) is 33.6 Å². The number of rotatable bonds is 6. The van der Waals surface area contributed by atoms with Gasteiger partial charge in [-0.15, -0.1) is 0 Å². The van der Waals surface area contributed by atoms with Gasteiger partial charge < -0.3 is 14.5 Å². The number of pyridine rings is 1. The van der Waals surface area contributed by atoms with E-state index in [2.05, 4.69) is 4.98 Å². The van der Waals surface area contributed by atoms with Gasteiger partial charge in [0.05, 0.1) is 16.2 Å². The van der Waals surface area contributed by atoms with Crippen LogP contribution in [0.5, 0.6) is 0 Å². The van der Waals surface area contributed by atoms with E-state index in [9.17, 15) is 14.9 Å². The van der Waals surface area contributed by atoms with E-state index in [1.165, 1.54) is 12.1 Å². The lowest BCUT2D eigenvalue weighted by atomic mass is 9.96. The molecule has 0 saturated heterocycles. The van der Waals surface area contributed by atoms with Gasteiger partial charge in [0.1, 0.15) is 0 Å². The van der Waals surface area contributed by atoms with E-state index < -0.39 is 4.92 Å². The molecule has 0 unspecified atom stereocenters. The van der Waals surface area contributed by atoms with Gasteiger partial charge in [-0.05, 0) is 36.9 Å². The summed E-state index contributed by atoms with van der Waals surface area (Å²) in [5.74, 6) is 0. The zero-order valence-corrected chi connectivity index (χ0v) is 16.8. The fraction of sp³-hybridized carbons (Fsp3) is 0.174. The van der Waals surface area contributed by atoms with Crippen LogP contribution >= 0.6 is 0 Å². The van der Waals surface area contributed by atoms with E-state index in [4.69, 9.17) is 0 Å². The summed E-state index contributed by atoms with van der Waals surface area (Å²) in [7, 11) is 3.92. The number of hydrogen-bond acceptors (Lipinski definition) is 4. The molecule has 2 aromatic carbocycles. The number of aromatic amines is 1. The first-order valence-electron chi connectivity index (χ1n) is 9.65. The molecule has 1 N–H and O–H groups in total. The van der Waals surface area contributed by atoms with Crippen molar-refractivity contribution in [2.75, 3.05) is 20.6 Å². The lowest BCUT2D eigenvalue weighted by Crippen LogP contribution is -2.23. The monoisotopic (exact) mass is 402 g/mol. The van der Waals surface area contributed by atoms with Crippen molar-refractivity contribution in [1.29, 1.82) is 0 Å². The number of hydrogen-bond donors (Lipinski definition) is 1. The maximum Gasteiger partial charge on any atom is 0.270 e. The number of aromatic nitrogens is 2. The van der Waals surface area contributed by atoms with Crippen molar-refractivity contribution in [3.8, 4) is 33.6 Å². The molecule has 2 aromatic rings. The van der Waals surface area contributed by atoms with Gasteiger partial charge in [0, 0.05) is 37.1 Å². The van der Waals surface area contributed by atoms with E-state index >= 15 is 0 Å². The van der Waals surface area contributed by atoms with Gasteiger partial charge in [-0.2, -0.15) is 0 Å². The number of non-ortho nitro benzene ring substituents is 1. The highest BCUT2D eigenvalue weighted by molar-refractivity contribution is 5.86. The standard InChI is InChI=1S/C23H22N4O3/c1-25(2)11-12-26-15-21-22(23(26)28)19(17-9-6-10-18(13-17)27(29)30)14-20(24-21)16-7-4-3-5-8-16/h3-10,13-15,24H,11-12H2,1-2H3. The molecule has 0 atom stereocenters. The molecular formula is C23H22N4O3. The second-order valence-corrected chi connectivity index (χ2v) is 7.49. The third-order valence-electron chi connectivity index (χ3n) is 5.10. The van der Waals surface area contributed by atoms with Crippen LogP contribution < -0.4 is 5.56 Å². The average molecular weight is 402 g/mol. The normalized spacial score (nSPS) is 11.3. The third-order valence-corrected chi connectivity index (χ3v) is 5.10. The molecule has 152 valence electrons. The van der Waals surface area contributed by atoms with Crippen LogP contribution in [0, 0.1) is 10.1 Å². The number of nitro groups is 1. The summed E-state index contributed by atoms with van der Waals surface area (Å²) < 4.78 is 1.69. The molecule has 2 heterocycles. The Balaban J connectivity index is 1.95. The zero-order chi connectivity index (χ0) is 21.3. The second-order valence-electron chi connectivity index (χ2n) is 7.49. The van der Waals surface area contributed by atoms with Gasteiger partial charge in [0.15, 0.2) is 0 Å². The Morgan fingerprint density at radius 3 is 2.43 bits per heavy atom. The molecular weight excluding hydrogens is 380 g/mol. The maximum absolute atomic E-state index is 13.2. The van der Waals surface area contributed by atoms with E-state index in [1.807, 2.05) is 61.6 Å². The molecule has 2 aliphatic heterocycles. The second kappa shape index (κ2) is 7.96. The molecule has 7 nitrogen and oxygen atoms in total. The van der Waals surface area contributed by atoms with Gasteiger partial charge in [0.25, 0.3) is 11.2 Å². The van der Waals surface area contributed by atoms with Crippen molar-refractivity contribution in [2.24, 2.45) is 0 Å². The fourth-order valence-corrected chi connectivity index (χ4v) is 3.55. The minimum atomic E-state index is -0.422. The molecule has 0 aromatic heterocycles. The summed E-state index contributed by atoms with van der Waals surface area (Å²) in [6.07, 6.45) is 1.83. The first-order chi connectivity index (χ1) is 14.4. The molecule has 0 spiro atoms. The van der Waals surface area contributed by atoms with Crippen molar-refractivity contribution in [3.05, 3.63) is 87.3 Å². The maximum atomic E-state index is 13.2. The predicted octanol–water partition coefficient (Wildman–Crippen LogP) is 4.09. The fourth-order valence-electron chi connectivity index (χ4n) is 3.55. The van der Waals surface area contributed by atoms with Crippen LogP contribution in [0.1, 0.15) is 0 Å². The van der Waals surface area contributed by atoms with E-state index in [0.717, 1.165) is 17.8 Å². The Morgan fingerprint density at radius 2 is 1.73 bits per heavy atom. The lowest BCUT2D eigenvalue weighted by molar-refractivity contribution is -0.384. The smallest absolute Gasteiger partial charge is 0.270 e. The van der Waals surface area contributed by atoms with Gasteiger partial charge in [0.2, 0.25) is 0 Å². The molecule has 0 saturated carbocycles. The first-order valence-corrected chi connectivity index (χ1v) is 9.65. The van der Waals surface area contributed by atoms with Crippen molar-refractivity contribution >= 4 is 5.69 Å². The van der Waals surface area contributed by atoms with Crippen LogP contribution in [0.3, 0.4) is 0 Å². The van der Waals surface area contributed by atoms with Gasteiger partial charge >= 0.3 is 0 Å². The summed E-state index contributed by atoms with van der Waals surface area (Å²) in [6.45, 7) is 1.29. The molecule has 7 heteroatoms. The lowest BCUT2D eigenvalue weighted by Gasteiger charge is -2.12. The Kier molecular flexibility index (Phi) is 5.20. The highest BCUT2D eigenvalue weighted by Gasteiger charge is 2.21. The SMILES string of the molecule is CN(C)CCn1cc2[nH]c(-c3ccccc3)cc(-c3cccc([N+](=O)[O-])c3)c-2c1=O. The molecule has 30 heavy (non-hydrogen) atoms. The minimum absolute atomic E-state index is 0.00534. The highest BCUT2D eigenvalue weighted by atomic mass is 16.6. The first kappa shape index (κ1) is 19.6. The summed E-state index contributed by atoms with van der Waals surface area (Å²) in [5.41, 5.74) is 4.27. The molecule has 2 aliphatic rings. The molecule has 4 rings (SSSR count). The topological polar surface area (TPSA) is 84.2 Å². The van der Waals surface area contributed by atoms with Gasteiger partial charge in [-0.3, -0.25) is 14.9 Å². The van der Waals surface area contributed by atoms with Gasteiger partial charge in [-0.1, -0.05) is 42.5 Å². The number of likely N-dealkylation sites (N-methyl/N-ethyl adjacent to an activating group) is 1. The number of fused-ring (bicyclic) bond motifs is 1. The van der Waals surface area contributed by atoms with Crippen LogP contribution in [-0.4, -0.2) is 40.0 Å². The number of nitrogens with one attached hydrogen (secondary N) is 1. The third kappa shape index (κ3) is 3.75. The van der Waals surface area contributed by atoms with Crippen molar-refractivity contribution in [1.82, 2.24) is 14.5 Å². The Hall–Kier alpha value is -3.71. The summed E-state index contributed by atoms with van der Waals surface area (Å²) in [4.78, 5) is 29.4.